The van der Waals surface area contributed by atoms with E-state index in [-0.39, 0.29) is 23.5 Å². The van der Waals surface area contributed by atoms with E-state index in [0.717, 1.165) is 17.7 Å². The van der Waals surface area contributed by atoms with Crippen LogP contribution in [-0.4, -0.2) is 40.7 Å². The van der Waals surface area contributed by atoms with Gasteiger partial charge in [0.25, 0.3) is 0 Å². The second-order valence-electron chi connectivity index (χ2n) is 9.67. The largest absolute Gasteiger partial charge is 0.391 e. The Morgan fingerprint density at radius 3 is 2.76 bits per heavy atom. The molecule has 0 spiro atoms. The number of ketones is 1. The lowest BCUT2D eigenvalue weighted by Crippen LogP contribution is -2.31. The van der Waals surface area contributed by atoms with E-state index in [4.69, 9.17) is 0 Å². The summed E-state index contributed by atoms with van der Waals surface area (Å²) in [6, 6.07) is 10.3. The number of carbonyl (C=O) groups is 2. The second-order valence-corrected chi connectivity index (χ2v) is 10.8. The minimum Gasteiger partial charge on any atom is -0.391 e. The molecule has 1 unspecified atom stereocenters. The smallest absolute Gasteiger partial charge is 0.219 e. The van der Waals surface area contributed by atoms with Gasteiger partial charge in [-0.15, -0.1) is 11.3 Å². The van der Waals surface area contributed by atoms with Crippen LogP contribution in [0.3, 0.4) is 0 Å². The fraction of sp³-hybridized carbons (Fsp3) is 0.500. The number of unbranched alkanes of at least 4 members (excludes halogenated alkanes) is 1. The molecule has 6 heteroatoms. The number of rotatable bonds is 11. The summed E-state index contributed by atoms with van der Waals surface area (Å²) in [4.78, 5) is 25.7. The number of nitrogens with one attached hydrogen (secondary N) is 1. The van der Waals surface area contributed by atoms with E-state index >= 15 is 0 Å². The maximum atomic E-state index is 13.0. The standard InChI is InChI=1S/C28H37NO4S/c1-4-29-25(31)14-8-6-5-7-12-22-23(27(33)28(2,3)26(22)32)16-15-20(30)18-21-17-19-11-9-10-13-24(19)34-21/h5,7,9-11,13,15-17,20,22-23,27,30,33H,4,6,8,12,14,18H2,1-3H3,(H,29,31)/b7-5-,16-15+/t20?,22-,23-,27+/m1/s1. The van der Waals surface area contributed by atoms with Crippen LogP contribution in [0.4, 0.5) is 0 Å². The molecule has 0 radical (unpaired) electrons. The van der Waals surface area contributed by atoms with E-state index in [1.165, 1.54) is 10.1 Å². The molecule has 1 heterocycles. The highest BCUT2D eigenvalue weighted by atomic mass is 32.1. The van der Waals surface area contributed by atoms with Crippen LogP contribution in [0, 0.1) is 17.3 Å². The first-order valence-corrected chi connectivity index (χ1v) is 13.0. The van der Waals surface area contributed by atoms with Crippen LogP contribution in [0.15, 0.2) is 54.6 Å². The fourth-order valence-electron chi connectivity index (χ4n) is 4.70. The number of allylic oxidation sites excluding steroid dienone is 2. The number of fused-ring (bicyclic) bond motifs is 1. The number of hydrogen-bond donors (Lipinski definition) is 3. The monoisotopic (exact) mass is 483 g/mol. The molecule has 1 aromatic heterocycles. The SMILES string of the molecule is CCNC(=O)CCC/C=C\C[C@H]1C(=O)C(C)(C)[C@@H](O)[C@@H]1/C=C/C(O)Cc1cc2ccccc2s1. The van der Waals surface area contributed by atoms with Crippen molar-refractivity contribution < 1.29 is 19.8 Å². The van der Waals surface area contributed by atoms with E-state index < -0.39 is 17.6 Å². The van der Waals surface area contributed by atoms with Crippen molar-refractivity contribution in [3.63, 3.8) is 0 Å². The minimum absolute atomic E-state index is 0.0561. The van der Waals surface area contributed by atoms with E-state index in [9.17, 15) is 19.8 Å². The Hall–Kier alpha value is -2.28. The summed E-state index contributed by atoms with van der Waals surface area (Å²) in [5.41, 5.74) is -0.817. The topological polar surface area (TPSA) is 86.6 Å². The van der Waals surface area contributed by atoms with Crippen molar-refractivity contribution in [2.24, 2.45) is 17.3 Å². The molecule has 1 saturated carbocycles. The van der Waals surface area contributed by atoms with Crippen molar-refractivity contribution in [3.05, 3.63) is 59.5 Å². The van der Waals surface area contributed by atoms with Crippen LogP contribution < -0.4 is 5.32 Å². The molecule has 184 valence electrons. The lowest BCUT2D eigenvalue weighted by molar-refractivity contribution is -0.129. The van der Waals surface area contributed by atoms with Crippen LogP contribution in [-0.2, 0) is 16.0 Å². The number of aliphatic hydroxyl groups is 2. The van der Waals surface area contributed by atoms with E-state index in [2.05, 4.69) is 23.5 Å². The van der Waals surface area contributed by atoms with Crippen LogP contribution >= 0.6 is 11.3 Å². The van der Waals surface area contributed by atoms with Crippen LogP contribution in [0.2, 0.25) is 0 Å². The Morgan fingerprint density at radius 1 is 1.26 bits per heavy atom. The Morgan fingerprint density at radius 2 is 2.03 bits per heavy atom. The Kier molecular flexibility index (Phi) is 9.23. The Bertz CT molecular complexity index is 1000. The zero-order valence-electron chi connectivity index (χ0n) is 20.4. The molecule has 1 fully saturated rings. The highest BCUT2D eigenvalue weighted by Crippen LogP contribution is 2.44. The van der Waals surface area contributed by atoms with Crippen molar-refractivity contribution >= 4 is 33.1 Å². The van der Waals surface area contributed by atoms with Crippen molar-refractivity contribution in [1.29, 1.82) is 0 Å². The van der Waals surface area contributed by atoms with Gasteiger partial charge >= 0.3 is 0 Å². The van der Waals surface area contributed by atoms with Crippen LogP contribution in [0.25, 0.3) is 10.1 Å². The van der Waals surface area contributed by atoms with Gasteiger partial charge < -0.3 is 15.5 Å². The molecular weight excluding hydrogens is 446 g/mol. The average molecular weight is 484 g/mol. The van der Waals surface area contributed by atoms with Crippen molar-refractivity contribution in [2.45, 2.75) is 65.1 Å². The molecule has 1 aromatic carbocycles. The van der Waals surface area contributed by atoms with Gasteiger partial charge in [-0.1, -0.05) is 56.4 Å². The molecule has 3 rings (SSSR count). The summed E-state index contributed by atoms with van der Waals surface area (Å²) >= 11 is 1.68. The van der Waals surface area contributed by atoms with Gasteiger partial charge in [0.05, 0.1) is 17.6 Å². The predicted octanol–water partition coefficient (Wildman–Crippen LogP) is 4.82. The number of hydrogen-bond acceptors (Lipinski definition) is 5. The first-order valence-electron chi connectivity index (χ1n) is 12.2. The number of carbonyl (C=O) groups excluding carboxylic acids is 2. The molecule has 34 heavy (non-hydrogen) atoms. The van der Waals surface area contributed by atoms with Crippen LogP contribution in [0.1, 0.15) is 51.3 Å². The molecule has 1 aliphatic rings. The molecule has 0 saturated heterocycles. The molecule has 1 amide bonds. The zero-order valence-corrected chi connectivity index (χ0v) is 21.2. The summed E-state index contributed by atoms with van der Waals surface area (Å²) in [5, 5.41) is 25.5. The van der Waals surface area contributed by atoms with Gasteiger partial charge in [0, 0.05) is 40.8 Å². The van der Waals surface area contributed by atoms with Crippen molar-refractivity contribution in [3.8, 4) is 0 Å². The molecular formula is C28H37NO4S. The number of amides is 1. The molecule has 0 aliphatic heterocycles. The van der Waals surface area contributed by atoms with Gasteiger partial charge in [0.15, 0.2) is 0 Å². The van der Waals surface area contributed by atoms with Crippen molar-refractivity contribution in [1.82, 2.24) is 5.32 Å². The van der Waals surface area contributed by atoms with Gasteiger partial charge in [-0.3, -0.25) is 9.59 Å². The van der Waals surface area contributed by atoms with Gasteiger partial charge in [0.1, 0.15) is 5.78 Å². The highest BCUT2D eigenvalue weighted by molar-refractivity contribution is 7.19. The summed E-state index contributed by atoms with van der Waals surface area (Å²) in [7, 11) is 0. The number of benzene rings is 1. The molecule has 4 atom stereocenters. The first kappa shape index (κ1) is 26.3. The Balaban J connectivity index is 1.59. The molecule has 0 bridgehead atoms. The average Bonchev–Trinajstić information content (AvgIpc) is 3.27. The van der Waals surface area contributed by atoms with Crippen molar-refractivity contribution in [2.75, 3.05) is 6.54 Å². The van der Waals surface area contributed by atoms with E-state index in [0.29, 0.717) is 25.8 Å². The van der Waals surface area contributed by atoms with Gasteiger partial charge in [-0.05, 0) is 43.7 Å². The third-order valence-corrected chi connectivity index (χ3v) is 7.83. The molecule has 1 aliphatic carbocycles. The van der Waals surface area contributed by atoms with E-state index in [1.807, 2.05) is 37.3 Å². The quantitative estimate of drug-likeness (QED) is 0.316. The molecule has 3 N–H and O–H groups in total. The summed E-state index contributed by atoms with van der Waals surface area (Å²) in [6.45, 7) is 6.14. The lowest BCUT2D eigenvalue weighted by atomic mass is 9.86. The Labute approximate surface area is 206 Å². The maximum absolute atomic E-state index is 13.0. The zero-order chi connectivity index (χ0) is 24.7. The minimum atomic E-state index is -0.817. The first-order chi connectivity index (χ1) is 16.2. The van der Waals surface area contributed by atoms with Gasteiger partial charge in [0.2, 0.25) is 5.91 Å². The number of Topliss-reactive ketones (excluding diaryl/α,β-unsaturated/α-hetero) is 1. The molecule has 5 nitrogen and oxygen atoms in total. The number of thiophene rings is 1. The van der Waals surface area contributed by atoms with E-state index in [1.54, 1.807) is 31.3 Å². The summed E-state index contributed by atoms with van der Waals surface area (Å²) in [5.74, 6) is -0.538. The van der Waals surface area contributed by atoms with Crippen LogP contribution in [0.5, 0.6) is 0 Å². The lowest BCUT2D eigenvalue weighted by Gasteiger charge is -2.22. The normalized spacial score (nSPS) is 23.3. The van der Waals surface area contributed by atoms with Gasteiger partial charge in [-0.2, -0.15) is 0 Å². The third kappa shape index (κ3) is 6.44. The second kappa shape index (κ2) is 11.9. The summed E-state index contributed by atoms with van der Waals surface area (Å²) in [6.07, 6.45) is 9.20. The third-order valence-electron chi connectivity index (χ3n) is 6.69. The fourth-order valence-corrected chi connectivity index (χ4v) is 5.81. The summed E-state index contributed by atoms with van der Waals surface area (Å²) < 4.78 is 1.20. The molecule has 2 aromatic rings. The van der Waals surface area contributed by atoms with Gasteiger partial charge in [-0.25, -0.2) is 0 Å². The maximum Gasteiger partial charge on any atom is 0.219 e. The number of aliphatic hydroxyl groups excluding tert-OH is 2. The highest BCUT2D eigenvalue weighted by Gasteiger charge is 2.52. The predicted molar refractivity (Wildman–Crippen MR) is 139 cm³/mol.